The van der Waals surface area contributed by atoms with Gasteiger partial charge >= 0.3 is 0 Å². The number of aliphatic imine (C=N–C) groups is 2. The summed E-state index contributed by atoms with van der Waals surface area (Å²) in [5.41, 5.74) is 1.15. The summed E-state index contributed by atoms with van der Waals surface area (Å²) < 4.78 is 1.80. The standard InChI is InChI=1S/C19H30BrN5.C2H4/c1-3-5-12-22-14-9-15-23-19-18(17-24-25(19)16-11-20)10-7-6-8-13-21-4-2;1-2/h6,8,11,13,15-17,22H,3-5,7,9-10,12,14H2,1-2H3;1-2H2/b8-6-,16-11+,21-13?,23-15+;. The number of hydrogen-bond donors (Lipinski definition) is 1. The van der Waals surface area contributed by atoms with Crippen LogP contribution in [0.3, 0.4) is 0 Å². The molecule has 0 bridgehead atoms. The predicted octanol–water partition coefficient (Wildman–Crippen LogP) is 5.57. The van der Waals surface area contributed by atoms with Crippen molar-refractivity contribution >= 4 is 40.4 Å². The largest absolute Gasteiger partial charge is 0.316 e. The Morgan fingerprint density at radius 1 is 1.26 bits per heavy atom. The van der Waals surface area contributed by atoms with Crippen LogP contribution in [0.1, 0.15) is 45.1 Å². The average Bonchev–Trinajstić information content (AvgIpc) is 3.07. The van der Waals surface area contributed by atoms with Gasteiger partial charge in [-0.15, -0.1) is 13.2 Å². The third-order valence-corrected chi connectivity index (χ3v) is 3.74. The van der Waals surface area contributed by atoms with Gasteiger partial charge in [0, 0.05) is 37.3 Å². The number of halogens is 1. The lowest BCUT2D eigenvalue weighted by molar-refractivity contribution is 0.652. The lowest BCUT2D eigenvalue weighted by Crippen LogP contribution is -2.16. The number of aromatic nitrogens is 2. The van der Waals surface area contributed by atoms with Crippen molar-refractivity contribution in [1.82, 2.24) is 15.1 Å². The van der Waals surface area contributed by atoms with Gasteiger partial charge in [0.25, 0.3) is 0 Å². The molecule has 0 amide bonds. The molecule has 0 saturated heterocycles. The first-order valence-electron chi connectivity index (χ1n) is 9.54. The van der Waals surface area contributed by atoms with Gasteiger partial charge in [0.1, 0.15) is 0 Å². The Balaban J connectivity index is 0.00000326. The first-order valence-corrected chi connectivity index (χ1v) is 10.5. The van der Waals surface area contributed by atoms with E-state index in [1.54, 1.807) is 9.67 Å². The summed E-state index contributed by atoms with van der Waals surface area (Å²) in [6.07, 6.45) is 16.9. The summed E-state index contributed by atoms with van der Waals surface area (Å²) in [7, 11) is 0. The molecule has 0 aliphatic carbocycles. The van der Waals surface area contributed by atoms with E-state index in [0.717, 1.165) is 50.3 Å². The third kappa shape index (κ3) is 12.3. The molecule has 0 saturated carbocycles. The highest BCUT2D eigenvalue weighted by atomic mass is 79.9. The number of nitrogens with zero attached hydrogens (tertiary/aromatic N) is 4. The van der Waals surface area contributed by atoms with Crippen molar-refractivity contribution in [2.75, 3.05) is 19.6 Å². The summed E-state index contributed by atoms with van der Waals surface area (Å²) in [5.74, 6) is 0.903. The molecule has 0 aromatic carbocycles. The molecular formula is C21H34BrN5. The van der Waals surface area contributed by atoms with Crippen LogP contribution < -0.4 is 5.32 Å². The molecule has 150 valence electrons. The SMILES string of the molecule is C=C.CCCCNCC/C=N/c1c(CC/C=C\C=NCC)cnn1/C=C/Br. The minimum atomic E-state index is 0.822. The van der Waals surface area contributed by atoms with Crippen molar-refractivity contribution in [2.24, 2.45) is 9.98 Å². The lowest BCUT2D eigenvalue weighted by atomic mass is 10.2. The van der Waals surface area contributed by atoms with E-state index in [1.165, 1.54) is 12.8 Å². The predicted molar refractivity (Wildman–Crippen MR) is 125 cm³/mol. The Labute approximate surface area is 173 Å². The summed E-state index contributed by atoms with van der Waals surface area (Å²) >= 11 is 3.31. The highest BCUT2D eigenvalue weighted by Crippen LogP contribution is 2.21. The number of allylic oxidation sites excluding steroid dienone is 2. The van der Waals surface area contributed by atoms with Crippen LogP contribution >= 0.6 is 15.9 Å². The fourth-order valence-corrected chi connectivity index (χ4v) is 2.40. The smallest absolute Gasteiger partial charge is 0.157 e. The monoisotopic (exact) mass is 435 g/mol. The van der Waals surface area contributed by atoms with E-state index in [-0.39, 0.29) is 0 Å². The Kier molecular flexibility index (Phi) is 17.7. The molecule has 0 unspecified atom stereocenters. The van der Waals surface area contributed by atoms with Crippen molar-refractivity contribution in [3.05, 3.63) is 42.1 Å². The van der Waals surface area contributed by atoms with Crippen molar-refractivity contribution in [2.45, 2.75) is 46.0 Å². The zero-order valence-corrected chi connectivity index (χ0v) is 18.4. The van der Waals surface area contributed by atoms with Crippen LogP contribution in [0.15, 0.2) is 46.5 Å². The van der Waals surface area contributed by atoms with Gasteiger partial charge in [0.2, 0.25) is 0 Å². The molecule has 0 fully saturated rings. The summed E-state index contributed by atoms with van der Waals surface area (Å²) in [5, 5.41) is 7.82. The fraction of sp³-hybridized carbons (Fsp3) is 0.476. The second-order valence-corrected chi connectivity index (χ2v) is 6.06. The van der Waals surface area contributed by atoms with E-state index in [2.05, 4.69) is 62.5 Å². The maximum atomic E-state index is 4.64. The molecule has 1 heterocycles. The minimum Gasteiger partial charge on any atom is -0.316 e. The number of unbranched alkanes of at least 4 members (excludes halogenated alkanes) is 1. The highest BCUT2D eigenvalue weighted by molar-refractivity contribution is 9.11. The molecule has 0 atom stereocenters. The van der Waals surface area contributed by atoms with E-state index >= 15 is 0 Å². The van der Waals surface area contributed by atoms with E-state index in [9.17, 15) is 0 Å². The zero-order valence-electron chi connectivity index (χ0n) is 16.8. The highest BCUT2D eigenvalue weighted by Gasteiger charge is 2.07. The van der Waals surface area contributed by atoms with Crippen LogP contribution in [-0.2, 0) is 6.42 Å². The summed E-state index contributed by atoms with van der Waals surface area (Å²) in [6.45, 7) is 13.1. The number of aryl methyl sites for hydroxylation is 1. The van der Waals surface area contributed by atoms with Crippen LogP contribution in [0.5, 0.6) is 0 Å². The lowest BCUT2D eigenvalue weighted by Gasteiger charge is -2.02. The van der Waals surface area contributed by atoms with Crippen LogP contribution in [0.2, 0.25) is 0 Å². The molecule has 1 rings (SSSR count). The molecule has 0 radical (unpaired) electrons. The fourth-order valence-electron chi connectivity index (χ4n) is 2.18. The van der Waals surface area contributed by atoms with E-state index in [0.29, 0.717) is 0 Å². The number of rotatable bonds is 13. The molecule has 27 heavy (non-hydrogen) atoms. The Morgan fingerprint density at radius 2 is 2.07 bits per heavy atom. The summed E-state index contributed by atoms with van der Waals surface area (Å²) in [6, 6.07) is 0. The third-order valence-electron chi connectivity index (χ3n) is 3.50. The maximum Gasteiger partial charge on any atom is 0.157 e. The van der Waals surface area contributed by atoms with Gasteiger partial charge in [-0.2, -0.15) is 5.10 Å². The van der Waals surface area contributed by atoms with Crippen LogP contribution in [-0.4, -0.2) is 41.8 Å². The van der Waals surface area contributed by atoms with Gasteiger partial charge < -0.3 is 5.32 Å². The quantitative estimate of drug-likeness (QED) is 0.250. The molecule has 6 heteroatoms. The average molecular weight is 436 g/mol. The molecule has 1 aromatic rings. The minimum absolute atomic E-state index is 0.822. The van der Waals surface area contributed by atoms with Gasteiger partial charge in [-0.25, -0.2) is 9.67 Å². The molecule has 1 N–H and O–H groups in total. The molecule has 0 aliphatic heterocycles. The Bertz CT molecular complexity index is 587. The van der Waals surface area contributed by atoms with E-state index < -0.39 is 0 Å². The van der Waals surface area contributed by atoms with Crippen LogP contribution in [0.4, 0.5) is 5.82 Å². The van der Waals surface area contributed by atoms with Gasteiger partial charge in [-0.05, 0) is 50.2 Å². The van der Waals surface area contributed by atoms with Gasteiger partial charge in [-0.3, -0.25) is 4.99 Å². The van der Waals surface area contributed by atoms with E-state index in [4.69, 9.17) is 0 Å². The topological polar surface area (TPSA) is 54.6 Å². The van der Waals surface area contributed by atoms with Gasteiger partial charge in [-0.1, -0.05) is 35.4 Å². The van der Waals surface area contributed by atoms with Crippen molar-refractivity contribution in [3.63, 3.8) is 0 Å². The van der Waals surface area contributed by atoms with Gasteiger partial charge in [0.15, 0.2) is 5.82 Å². The first kappa shape index (κ1) is 25.2. The first-order chi connectivity index (χ1) is 13.3. The number of nitrogens with one attached hydrogen (secondary N) is 1. The molecule has 5 nitrogen and oxygen atoms in total. The Morgan fingerprint density at radius 3 is 2.78 bits per heavy atom. The van der Waals surface area contributed by atoms with Gasteiger partial charge in [0.05, 0.1) is 6.20 Å². The Hall–Kier alpha value is -1.79. The van der Waals surface area contributed by atoms with Crippen LogP contribution in [0, 0.1) is 0 Å². The molecule has 0 aliphatic rings. The second-order valence-electron chi connectivity index (χ2n) is 5.53. The molecule has 0 spiro atoms. The molecular weight excluding hydrogens is 402 g/mol. The van der Waals surface area contributed by atoms with E-state index in [1.807, 2.05) is 37.8 Å². The maximum absolute atomic E-state index is 4.64. The molecule has 1 aromatic heterocycles. The number of hydrogen-bond acceptors (Lipinski definition) is 4. The summed E-state index contributed by atoms with van der Waals surface area (Å²) in [4.78, 5) is 10.6. The van der Waals surface area contributed by atoms with Crippen molar-refractivity contribution in [1.29, 1.82) is 0 Å². The zero-order chi connectivity index (χ0) is 20.2. The second kappa shape index (κ2) is 19.0. The van der Waals surface area contributed by atoms with Crippen LogP contribution in [0.25, 0.3) is 6.20 Å². The normalized spacial score (nSPS) is 11.8. The van der Waals surface area contributed by atoms with Crippen molar-refractivity contribution in [3.8, 4) is 0 Å². The van der Waals surface area contributed by atoms with Crippen molar-refractivity contribution < 1.29 is 0 Å².